The van der Waals surface area contributed by atoms with Gasteiger partial charge in [0, 0.05) is 18.9 Å². The van der Waals surface area contributed by atoms with Gasteiger partial charge >= 0.3 is 0 Å². The molecular formula is C10H12N4S2. The largest absolute Gasteiger partial charge is 0.382 e. The van der Waals surface area contributed by atoms with Gasteiger partial charge in [-0.3, -0.25) is 4.98 Å². The summed E-state index contributed by atoms with van der Waals surface area (Å²) in [5, 5.41) is 4.36. The van der Waals surface area contributed by atoms with Crippen LogP contribution in [0.3, 0.4) is 0 Å². The van der Waals surface area contributed by atoms with Crippen LogP contribution in [0.15, 0.2) is 29.4 Å². The molecule has 0 bridgehead atoms. The maximum Gasteiger partial charge on any atom is 0.153 e. The fraction of sp³-hybridized carbons (Fsp3) is 0.200. The number of hydrogen-bond acceptors (Lipinski definition) is 6. The zero-order valence-corrected chi connectivity index (χ0v) is 10.4. The van der Waals surface area contributed by atoms with Crippen LogP contribution in [0.25, 0.3) is 0 Å². The number of rotatable bonds is 4. The third-order valence-corrected chi connectivity index (χ3v) is 3.85. The van der Waals surface area contributed by atoms with Crippen LogP contribution in [0.1, 0.15) is 5.56 Å². The van der Waals surface area contributed by atoms with Crippen LogP contribution in [0.4, 0.5) is 10.8 Å². The molecule has 0 aliphatic heterocycles. The molecule has 0 fully saturated rings. The van der Waals surface area contributed by atoms with Crippen LogP contribution in [-0.4, -0.2) is 15.6 Å². The first-order valence-electron chi connectivity index (χ1n) is 4.73. The first-order chi connectivity index (χ1) is 7.81. The monoisotopic (exact) mass is 252 g/mol. The molecule has 0 unspecified atom stereocenters. The Labute approximate surface area is 102 Å². The van der Waals surface area contributed by atoms with Gasteiger partial charge in [-0.2, -0.15) is 4.37 Å². The zero-order valence-electron chi connectivity index (χ0n) is 8.80. The average molecular weight is 252 g/mol. The third-order valence-electron chi connectivity index (χ3n) is 2.08. The summed E-state index contributed by atoms with van der Waals surface area (Å²) in [5.74, 6) is 0.606. The van der Waals surface area contributed by atoms with Crippen molar-refractivity contribution in [3.8, 4) is 0 Å². The van der Waals surface area contributed by atoms with Crippen LogP contribution in [0.5, 0.6) is 0 Å². The average Bonchev–Trinajstić information content (AvgIpc) is 2.68. The Balaban J connectivity index is 2.05. The summed E-state index contributed by atoms with van der Waals surface area (Å²) in [5.41, 5.74) is 6.94. The molecule has 0 atom stereocenters. The quantitative estimate of drug-likeness (QED) is 0.818. The van der Waals surface area contributed by atoms with Gasteiger partial charge < -0.3 is 11.1 Å². The van der Waals surface area contributed by atoms with Crippen molar-refractivity contribution in [3.63, 3.8) is 0 Å². The molecular weight excluding hydrogens is 240 g/mol. The predicted molar refractivity (Wildman–Crippen MR) is 69.9 cm³/mol. The lowest BCUT2D eigenvalue weighted by atomic mass is 10.3. The number of nitrogens with one attached hydrogen (secondary N) is 1. The van der Waals surface area contributed by atoms with Crippen molar-refractivity contribution in [2.24, 2.45) is 0 Å². The molecule has 0 saturated carbocycles. The van der Waals surface area contributed by atoms with Gasteiger partial charge in [-0.15, -0.1) is 11.8 Å². The van der Waals surface area contributed by atoms with Crippen LogP contribution in [0, 0.1) is 0 Å². The normalized spacial score (nSPS) is 10.3. The van der Waals surface area contributed by atoms with E-state index in [-0.39, 0.29) is 0 Å². The molecule has 0 spiro atoms. The van der Waals surface area contributed by atoms with Crippen molar-refractivity contribution < 1.29 is 0 Å². The second-order valence-electron chi connectivity index (χ2n) is 3.14. The maximum absolute atomic E-state index is 5.75. The first kappa shape index (κ1) is 11.2. The minimum Gasteiger partial charge on any atom is -0.382 e. The molecule has 16 heavy (non-hydrogen) atoms. The van der Waals surface area contributed by atoms with Crippen molar-refractivity contribution in [1.82, 2.24) is 9.36 Å². The third kappa shape index (κ3) is 2.45. The number of nitrogen functional groups attached to an aromatic ring is 1. The molecule has 0 aromatic carbocycles. The lowest BCUT2D eigenvalue weighted by molar-refractivity contribution is 1.13. The summed E-state index contributed by atoms with van der Waals surface area (Å²) < 4.78 is 4.12. The zero-order chi connectivity index (χ0) is 11.4. The molecule has 2 rings (SSSR count). The van der Waals surface area contributed by atoms with Gasteiger partial charge in [-0.05, 0) is 35.5 Å². The van der Waals surface area contributed by atoms with Gasteiger partial charge in [0.1, 0.15) is 5.00 Å². The van der Waals surface area contributed by atoms with Gasteiger partial charge in [-0.1, -0.05) is 0 Å². The lowest BCUT2D eigenvalue weighted by Crippen LogP contribution is -1.98. The van der Waals surface area contributed by atoms with Crippen LogP contribution in [-0.2, 0) is 6.54 Å². The number of aromatic nitrogens is 2. The molecule has 0 aliphatic rings. The molecule has 2 heterocycles. The van der Waals surface area contributed by atoms with E-state index >= 15 is 0 Å². The fourth-order valence-electron chi connectivity index (χ4n) is 1.29. The summed E-state index contributed by atoms with van der Waals surface area (Å²) in [4.78, 5) is 5.00. The minimum atomic E-state index is 0.606. The highest BCUT2D eigenvalue weighted by atomic mass is 32.2. The molecule has 4 nitrogen and oxygen atoms in total. The van der Waals surface area contributed by atoms with E-state index in [9.17, 15) is 0 Å². The summed E-state index contributed by atoms with van der Waals surface area (Å²) in [6.07, 6.45) is 5.57. The second-order valence-corrected chi connectivity index (χ2v) is 4.73. The van der Waals surface area contributed by atoms with E-state index < -0.39 is 0 Å². The van der Waals surface area contributed by atoms with Crippen LogP contribution < -0.4 is 11.1 Å². The molecule has 3 N–H and O–H groups in total. The number of pyridine rings is 1. The molecule has 0 radical (unpaired) electrons. The highest BCUT2D eigenvalue weighted by molar-refractivity contribution is 7.99. The van der Waals surface area contributed by atoms with E-state index in [0.717, 1.165) is 16.4 Å². The maximum atomic E-state index is 5.75. The smallest absolute Gasteiger partial charge is 0.153 e. The summed E-state index contributed by atoms with van der Waals surface area (Å²) in [6, 6.07) is 3.96. The topological polar surface area (TPSA) is 63.8 Å². The van der Waals surface area contributed by atoms with Crippen LogP contribution in [0.2, 0.25) is 0 Å². The fourth-order valence-corrected chi connectivity index (χ4v) is 2.82. The Bertz CT molecular complexity index is 455. The van der Waals surface area contributed by atoms with E-state index in [1.165, 1.54) is 17.1 Å². The number of thioether (sulfide) groups is 1. The molecule has 0 amide bonds. The standard InChI is InChI=1S/C10H12N4S2/c1-15-8-9(11)14-16-10(8)13-6-7-2-4-12-5-3-7/h2-5,13H,6H2,1H3,(H2,11,14). The van der Waals surface area contributed by atoms with Crippen molar-refractivity contribution in [1.29, 1.82) is 0 Å². The Morgan fingerprint density at radius 1 is 1.44 bits per heavy atom. The summed E-state index contributed by atoms with van der Waals surface area (Å²) >= 11 is 3.01. The van der Waals surface area contributed by atoms with Gasteiger partial charge in [0.15, 0.2) is 5.82 Å². The van der Waals surface area contributed by atoms with E-state index in [4.69, 9.17) is 5.73 Å². The predicted octanol–water partition coefficient (Wildman–Crippen LogP) is 2.45. The van der Waals surface area contributed by atoms with Crippen molar-refractivity contribution in [2.45, 2.75) is 11.4 Å². The molecule has 0 saturated heterocycles. The van der Waals surface area contributed by atoms with Gasteiger partial charge in [0.2, 0.25) is 0 Å². The number of nitrogens with zero attached hydrogens (tertiary/aromatic N) is 2. The number of anilines is 2. The molecule has 2 aromatic rings. The van der Waals surface area contributed by atoms with E-state index in [2.05, 4.69) is 14.7 Å². The summed E-state index contributed by atoms with van der Waals surface area (Å²) in [7, 11) is 0. The SMILES string of the molecule is CSc1c(N)nsc1NCc1ccncc1. The van der Waals surface area contributed by atoms with Crippen molar-refractivity contribution >= 4 is 34.1 Å². The Morgan fingerprint density at radius 2 is 2.19 bits per heavy atom. The van der Waals surface area contributed by atoms with Gasteiger partial charge in [0.25, 0.3) is 0 Å². The highest BCUT2D eigenvalue weighted by Gasteiger charge is 2.09. The summed E-state index contributed by atoms with van der Waals surface area (Å²) in [6.45, 7) is 0.762. The highest BCUT2D eigenvalue weighted by Crippen LogP contribution is 2.34. The number of hydrogen-bond donors (Lipinski definition) is 2. The molecule has 2 aromatic heterocycles. The van der Waals surface area contributed by atoms with E-state index in [1.807, 2.05) is 18.4 Å². The van der Waals surface area contributed by atoms with Crippen molar-refractivity contribution in [3.05, 3.63) is 30.1 Å². The molecule has 0 aliphatic carbocycles. The van der Waals surface area contributed by atoms with Crippen LogP contribution >= 0.6 is 23.3 Å². The lowest BCUT2D eigenvalue weighted by Gasteiger charge is -2.04. The van der Waals surface area contributed by atoms with Gasteiger partial charge in [0.05, 0.1) is 4.90 Å². The second kappa shape index (κ2) is 5.18. The van der Waals surface area contributed by atoms with E-state index in [1.54, 1.807) is 24.2 Å². The van der Waals surface area contributed by atoms with Crippen molar-refractivity contribution in [2.75, 3.05) is 17.3 Å². The first-order valence-corrected chi connectivity index (χ1v) is 6.73. The Hall–Kier alpha value is -1.27. The van der Waals surface area contributed by atoms with Gasteiger partial charge in [-0.25, -0.2) is 0 Å². The Morgan fingerprint density at radius 3 is 2.88 bits per heavy atom. The molecule has 6 heteroatoms. The minimum absolute atomic E-state index is 0.606. The van der Waals surface area contributed by atoms with E-state index in [0.29, 0.717) is 5.82 Å². The number of nitrogens with two attached hydrogens (primary N) is 1. The Kier molecular flexibility index (Phi) is 3.63. The molecule has 84 valence electrons.